The monoisotopic (exact) mass is 464 g/mol. The van der Waals surface area contributed by atoms with Crippen molar-refractivity contribution in [3.8, 4) is 11.1 Å². The number of rotatable bonds is 8. The van der Waals surface area contributed by atoms with Gasteiger partial charge in [-0.1, -0.05) is 48.5 Å². The number of carbonyl (C=O) groups is 3. The first-order chi connectivity index (χ1) is 16.0. The number of amides is 2. The molecule has 34 heavy (non-hydrogen) atoms. The molecule has 7 nitrogen and oxygen atoms in total. The zero-order valence-corrected chi connectivity index (χ0v) is 20.1. The second kappa shape index (κ2) is 8.78. The van der Waals surface area contributed by atoms with E-state index in [9.17, 15) is 19.5 Å². The summed E-state index contributed by atoms with van der Waals surface area (Å²) in [6, 6.07) is 16.3. The van der Waals surface area contributed by atoms with Crippen LogP contribution in [0.3, 0.4) is 0 Å². The van der Waals surface area contributed by atoms with Gasteiger partial charge in [-0.15, -0.1) is 0 Å². The van der Waals surface area contributed by atoms with Crippen LogP contribution < -0.4 is 10.6 Å². The minimum absolute atomic E-state index is 0.00239. The number of ether oxygens (including phenoxy) is 1. The van der Waals surface area contributed by atoms with E-state index in [-0.39, 0.29) is 30.3 Å². The van der Waals surface area contributed by atoms with Crippen LogP contribution in [0.15, 0.2) is 48.5 Å². The van der Waals surface area contributed by atoms with E-state index in [0.29, 0.717) is 13.0 Å². The first kappa shape index (κ1) is 23.8. The Bertz CT molecular complexity index is 1080. The summed E-state index contributed by atoms with van der Waals surface area (Å²) in [4.78, 5) is 36.6. The molecule has 0 radical (unpaired) electrons. The lowest BCUT2D eigenvalue weighted by Gasteiger charge is -2.38. The van der Waals surface area contributed by atoms with Crippen molar-refractivity contribution in [3.05, 3.63) is 59.7 Å². The van der Waals surface area contributed by atoms with Crippen LogP contribution in [0.25, 0.3) is 11.1 Å². The van der Waals surface area contributed by atoms with Crippen LogP contribution in [0, 0.1) is 17.3 Å². The largest absolute Gasteiger partial charge is 0.481 e. The van der Waals surface area contributed by atoms with Crippen molar-refractivity contribution in [2.24, 2.45) is 17.3 Å². The summed E-state index contributed by atoms with van der Waals surface area (Å²) < 4.78 is 5.55. The number of carboxylic acids is 1. The van der Waals surface area contributed by atoms with Crippen molar-refractivity contribution in [3.63, 3.8) is 0 Å². The molecule has 1 fully saturated rings. The Hall–Kier alpha value is -3.35. The molecule has 0 unspecified atom stereocenters. The highest BCUT2D eigenvalue weighted by Crippen LogP contribution is 2.44. The van der Waals surface area contributed by atoms with Gasteiger partial charge in [0, 0.05) is 23.9 Å². The molecule has 1 saturated carbocycles. The summed E-state index contributed by atoms with van der Waals surface area (Å²) in [5.74, 6) is -1.37. The standard InChI is InChI=1S/C27H32N2O5/c1-26(2,24(31)32)27(3,4)29-23(30)21-13-16(21)14-28-25(33)34-15-22-19-11-7-5-9-17(19)18-10-6-8-12-20(18)22/h5-12,16,21-22H,13-15H2,1-4H3,(H,28,33)(H,29,30)(H,31,32)/t16-,21-/m0/s1. The molecule has 2 aromatic rings. The van der Waals surface area contributed by atoms with Crippen molar-refractivity contribution in [2.75, 3.05) is 13.2 Å². The molecule has 2 aliphatic carbocycles. The predicted molar refractivity (Wildman–Crippen MR) is 128 cm³/mol. The van der Waals surface area contributed by atoms with Crippen LogP contribution in [-0.4, -0.2) is 41.8 Å². The summed E-state index contributed by atoms with van der Waals surface area (Å²) >= 11 is 0. The maximum absolute atomic E-state index is 12.6. The van der Waals surface area contributed by atoms with E-state index in [1.165, 1.54) is 11.1 Å². The molecular formula is C27H32N2O5. The van der Waals surface area contributed by atoms with Crippen molar-refractivity contribution in [1.29, 1.82) is 0 Å². The predicted octanol–water partition coefficient (Wildman–Crippen LogP) is 4.17. The van der Waals surface area contributed by atoms with Crippen molar-refractivity contribution in [2.45, 2.75) is 45.6 Å². The normalized spacial score (nSPS) is 19.1. The van der Waals surface area contributed by atoms with Gasteiger partial charge in [0.05, 0.1) is 5.41 Å². The van der Waals surface area contributed by atoms with E-state index in [4.69, 9.17) is 4.74 Å². The minimum Gasteiger partial charge on any atom is -0.481 e. The van der Waals surface area contributed by atoms with Crippen LogP contribution in [0.1, 0.15) is 51.2 Å². The molecular weight excluding hydrogens is 432 g/mol. The Labute approximate surface area is 199 Å². The van der Waals surface area contributed by atoms with Gasteiger partial charge in [-0.05, 0) is 62.3 Å². The fourth-order valence-corrected chi connectivity index (χ4v) is 4.48. The fraction of sp³-hybridized carbons (Fsp3) is 0.444. The summed E-state index contributed by atoms with van der Waals surface area (Å²) in [6.07, 6.45) is 0.152. The van der Waals surface area contributed by atoms with Gasteiger partial charge < -0.3 is 20.5 Å². The van der Waals surface area contributed by atoms with Crippen LogP contribution in [0.2, 0.25) is 0 Å². The number of nitrogens with one attached hydrogen (secondary N) is 2. The molecule has 0 spiro atoms. The van der Waals surface area contributed by atoms with Gasteiger partial charge in [-0.2, -0.15) is 0 Å². The van der Waals surface area contributed by atoms with Gasteiger partial charge >= 0.3 is 12.1 Å². The highest BCUT2D eigenvalue weighted by molar-refractivity contribution is 5.84. The molecule has 0 saturated heterocycles. The lowest BCUT2D eigenvalue weighted by atomic mass is 9.74. The number of carboxylic acid groups (broad SMARTS) is 1. The number of carbonyl (C=O) groups excluding carboxylic acids is 2. The maximum atomic E-state index is 12.6. The molecule has 2 aromatic carbocycles. The summed E-state index contributed by atoms with van der Waals surface area (Å²) in [7, 11) is 0. The summed E-state index contributed by atoms with van der Waals surface area (Å²) in [5, 5.41) is 15.1. The van der Waals surface area contributed by atoms with Crippen LogP contribution in [0.5, 0.6) is 0 Å². The molecule has 0 heterocycles. The highest BCUT2D eigenvalue weighted by Gasteiger charge is 2.49. The Morgan fingerprint density at radius 1 is 0.971 bits per heavy atom. The minimum atomic E-state index is -1.12. The van der Waals surface area contributed by atoms with Gasteiger partial charge in [0.1, 0.15) is 6.61 Å². The number of hydrogen-bond acceptors (Lipinski definition) is 4. The van der Waals surface area contributed by atoms with E-state index in [2.05, 4.69) is 34.9 Å². The molecule has 7 heteroatoms. The third-order valence-electron chi connectivity index (χ3n) is 7.64. The molecule has 0 aromatic heterocycles. The zero-order chi connectivity index (χ0) is 24.7. The van der Waals surface area contributed by atoms with Gasteiger partial charge in [-0.25, -0.2) is 4.79 Å². The van der Waals surface area contributed by atoms with E-state index >= 15 is 0 Å². The van der Waals surface area contributed by atoms with Crippen LogP contribution in [-0.2, 0) is 14.3 Å². The molecule has 2 amide bonds. The van der Waals surface area contributed by atoms with E-state index in [1.54, 1.807) is 27.7 Å². The lowest BCUT2D eigenvalue weighted by Crippen LogP contribution is -2.57. The number of fused-ring (bicyclic) bond motifs is 3. The molecule has 0 aliphatic heterocycles. The maximum Gasteiger partial charge on any atom is 0.407 e. The van der Waals surface area contributed by atoms with Crippen molar-refractivity contribution in [1.82, 2.24) is 10.6 Å². The topological polar surface area (TPSA) is 105 Å². The second-order valence-electron chi connectivity index (χ2n) is 10.4. The van der Waals surface area contributed by atoms with Gasteiger partial charge in [-0.3, -0.25) is 9.59 Å². The first-order valence-corrected chi connectivity index (χ1v) is 11.7. The average molecular weight is 465 g/mol. The number of hydrogen-bond donors (Lipinski definition) is 3. The van der Waals surface area contributed by atoms with E-state index in [1.807, 2.05) is 24.3 Å². The van der Waals surface area contributed by atoms with Gasteiger partial charge in [0.15, 0.2) is 0 Å². The van der Waals surface area contributed by atoms with Gasteiger partial charge in [0.2, 0.25) is 5.91 Å². The van der Waals surface area contributed by atoms with E-state index in [0.717, 1.165) is 11.1 Å². The number of alkyl carbamates (subject to hydrolysis) is 1. The summed E-state index contributed by atoms with van der Waals surface area (Å²) in [6.45, 7) is 7.21. The highest BCUT2D eigenvalue weighted by atomic mass is 16.5. The third kappa shape index (κ3) is 4.39. The molecule has 2 atom stereocenters. The molecule has 180 valence electrons. The van der Waals surface area contributed by atoms with Crippen LogP contribution >= 0.6 is 0 Å². The van der Waals surface area contributed by atoms with Crippen molar-refractivity contribution >= 4 is 18.0 Å². The van der Waals surface area contributed by atoms with E-state index < -0.39 is 23.0 Å². The third-order valence-corrected chi connectivity index (χ3v) is 7.64. The Kier molecular flexibility index (Phi) is 6.14. The smallest absolute Gasteiger partial charge is 0.407 e. The van der Waals surface area contributed by atoms with Crippen molar-refractivity contribution < 1.29 is 24.2 Å². The SMILES string of the molecule is CC(C)(NC(=O)[C@H]1C[C@H]1CNC(=O)OCC1c2ccccc2-c2ccccc21)C(C)(C)C(=O)O. The van der Waals surface area contributed by atoms with Crippen LogP contribution in [0.4, 0.5) is 4.79 Å². The zero-order valence-electron chi connectivity index (χ0n) is 20.1. The number of benzene rings is 2. The first-order valence-electron chi connectivity index (χ1n) is 11.7. The Morgan fingerprint density at radius 3 is 2.09 bits per heavy atom. The lowest BCUT2D eigenvalue weighted by molar-refractivity contribution is -0.151. The molecule has 0 bridgehead atoms. The Morgan fingerprint density at radius 2 is 1.53 bits per heavy atom. The molecule has 3 N–H and O–H groups in total. The second-order valence-corrected chi connectivity index (χ2v) is 10.4. The van der Waals surface area contributed by atoms with Gasteiger partial charge in [0.25, 0.3) is 0 Å². The molecule has 2 aliphatic rings. The quantitative estimate of drug-likeness (QED) is 0.544. The average Bonchev–Trinajstić information content (AvgIpc) is 3.51. The Balaban J connectivity index is 1.26. The number of aliphatic carboxylic acids is 1. The molecule has 4 rings (SSSR count). The fourth-order valence-electron chi connectivity index (χ4n) is 4.48. The summed E-state index contributed by atoms with van der Waals surface area (Å²) in [5.41, 5.74) is 2.63.